The second kappa shape index (κ2) is 8.81. The Morgan fingerprint density at radius 1 is 1.35 bits per heavy atom. The highest BCUT2D eigenvalue weighted by molar-refractivity contribution is 5.49. The van der Waals surface area contributed by atoms with Gasteiger partial charge in [-0.3, -0.25) is 0 Å². The Bertz CT molecular complexity index is 402. The average Bonchev–Trinajstić information content (AvgIpc) is 2.38. The van der Waals surface area contributed by atoms with Gasteiger partial charge in [-0.2, -0.15) is 0 Å². The maximum atomic E-state index is 14.0. The van der Waals surface area contributed by atoms with Crippen LogP contribution < -0.4 is 10.2 Å². The number of alkyl halides is 2. The van der Waals surface area contributed by atoms with Gasteiger partial charge in [0, 0.05) is 13.1 Å². The van der Waals surface area contributed by atoms with Gasteiger partial charge in [-0.15, -0.1) is 0 Å². The van der Waals surface area contributed by atoms with Crippen molar-refractivity contribution >= 4 is 5.69 Å². The van der Waals surface area contributed by atoms with E-state index in [2.05, 4.69) is 5.32 Å². The number of hydrogen-bond donors (Lipinski definition) is 2. The number of aliphatic hydroxyl groups is 1. The van der Waals surface area contributed by atoms with E-state index in [0.29, 0.717) is 6.54 Å². The molecular formula is C14H21F3N2O. The van der Waals surface area contributed by atoms with Crippen LogP contribution in [0.5, 0.6) is 0 Å². The molecule has 0 radical (unpaired) electrons. The van der Waals surface area contributed by atoms with E-state index in [1.54, 1.807) is 6.07 Å². The molecule has 0 aliphatic rings. The van der Waals surface area contributed by atoms with Crippen LogP contribution in [0.2, 0.25) is 0 Å². The molecule has 20 heavy (non-hydrogen) atoms. The second-order valence-electron chi connectivity index (χ2n) is 4.52. The third-order valence-electron chi connectivity index (χ3n) is 2.84. The summed E-state index contributed by atoms with van der Waals surface area (Å²) in [5.41, 5.74) is 0.860. The van der Waals surface area contributed by atoms with Crippen molar-refractivity contribution in [1.29, 1.82) is 0 Å². The van der Waals surface area contributed by atoms with Crippen molar-refractivity contribution in [2.45, 2.75) is 26.3 Å². The number of rotatable bonds is 9. The lowest BCUT2D eigenvalue weighted by Crippen LogP contribution is -2.32. The second-order valence-corrected chi connectivity index (χ2v) is 4.52. The number of nitrogens with zero attached hydrogens (tertiary/aromatic N) is 1. The zero-order chi connectivity index (χ0) is 15.0. The maximum Gasteiger partial charge on any atom is 0.255 e. The number of halogens is 3. The van der Waals surface area contributed by atoms with Gasteiger partial charge in [0.15, 0.2) is 0 Å². The van der Waals surface area contributed by atoms with Crippen molar-refractivity contribution < 1.29 is 18.3 Å². The Morgan fingerprint density at radius 2 is 2.10 bits per heavy atom. The predicted molar refractivity (Wildman–Crippen MR) is 73.7 cm³/mol. The highest BCUT2D eigenvalue weighted by atomic mass is 19.3. The molecule has 0 aromatic heterocycles. The molecule has 0 fully saturated rings. The highest BCUT2D eigenvalue weighted by Crippen LogP contribution is 2.21. The van der Waals surface area contributed by atoms with Gasteiger partial charge in [0.1, 0.15) is 5.82 Å². The largest absolute Gasteiger partial charge is 0.395 e. The summed E-state index contributed by atoms with van der Waals surface area (Å²) in [4.78, 5) is 1.16. The average molecular weight is 290 g/mol. The van der Waals surface area contributed by atoms with E-state index in [1.807, 2.05) is 6.92 Å². The zero-order valence-corrected chi connectivity index (χ0v) is 11.6. The summed E-state index contributed by atoms with van der Waals surface area (Å²) in [6.07, 6.45) is -1.59. The van der Waals surface area contributed by atoms with Gasteiger partial charge in [0.2, 0.25) is 0 Å². The van der Waals surface area contributed by atoms with Gasteiger partial charge in [0.25, 0.3) is 6.43 Å². The summed E-state index contributed by atoms with van der Waals surface area (Å²) >= 11 is 0. The SMILES string of the molecule is CCCNCc1ccc(N(CCO)CC(F)F)c(F)c1. The van der Waals surface area contributed by atoms with Crippen LogP contribution in [0.1, 0.15) is 18.9 Å². The molecule has 0 unspecified atom stereocenters. The molecule has 3 nitrogen and oxygen atoms in total. The van der Waals surface area contributed by atoms with Gasteiger partial charge < -0.3 is 15.3 Å². The summed E-state index contributed by atoms with van der Waals surface area (Å²) in [5.74, 6) is -0.546. The first-order valence-corrected chi connectivity index (χ1v) is 6.71. The minimum Gasteiger partial charge on any atom is -0.395 e. The van der Waals surface area contributed by atoms with E-state index in [9.17, 15) is 13.2 Å². The normalized spacial score (nSPS) is 11.1. The number of nitrogens with one attached hydrogen (secondary N) is 1. The molecule has 2 N–H and O–H groups in total. The molecule has 0 spiro atoms. The van der Waals surface area contributed by atoms with Crippen molar-refractivity contribution in [3.8, 4) is 0 Å². The number of aliphatic hydroxyl groups excluding tert-OH is 1. The summed E-state index contributed by atoms with van der Waals surface area (Å²) in [6.45, 7) is 2.50. The first kappa shape index (κ1) is 16.8. The van der Waals surface area contributed by atoms with E-state index in [1.165, 1.54) is 12.1 Å². The number of anilines is 1. The van der Waals surface area contributed by atoms with Gasteiger partial charge in [0.05, 0.1) is 18.8 Å². The van der Waals surface area contributed by atoms with Crippen molar-refractivity contribution in [2.75, 3.05) is 31.1 Å². The zero-order valence-electron chi connectivity index (χ0n) is 11.6. The maximum absolute atomic E-state index is 14.0. The molecule has 6 heteroatoms. The lowest BCUT2D eigenvalue weighted by Gasteiger charge is -2.24. The Balaban J connectivity index is 2.78. The fraction of sp³-hybridized carbons (Fsp3) is 0.571. The lowest BCUT2D eigenvalue weighted by molar-refractivity contribution is 0.152. The monoisotopic (exact) mass is 290 g/mol. The highest BCUT2D eigenvalue weighted by Gasteiger charge is 2.16. The topological polar surface area (TPSA) is 35.5 Å². The summed E-state index contributed by atoms with van der Waals surface area (Å²) < 4.78 is 38.9. The van der Waals surface area contributed by atoms with E-state index >= 15 is 0 Å². The fourth-order valence-electron chi connectivity index (χ4n) is 1.92. The van der Waals surface area contributed by atoms with Crippen LogP contribution in [-0.4, -0.2) is 37.8 Å². The van der Waals surface area contributed by atoms with Crippen LogP contribution in [0, 0.1) is 5.82 Å². The lowest BCUT2D eigenvalue weighted by atomic mass is 10.1. The van der Waals surface area contributed by atoms with Crippen LogP contribution in [0.15, 0.2) is 18.2 Å². The smallest absolute Gasteiger partial charge is 0.255 e. The van der Waals surface area contributed by atoms with E-state index < -0.39 is 18.8 Å². The van der Waals surface area contributed by atoms with Crippen molar-refractivity contribution in [1.82, 2.24) is 5.32 Å². The molecule has 114 valence electrons. The predicted octanol–water partition coefficient (Wildman–Crippen LogP) is 2.39. The minimum atomic E-state index is -2.58. The molecule has 0 aliphatic heterocycles. The van der Waals surface area contributed by atoms with Crippen LogP contribution in [0.4, 0.5) is 18.9 Å². The van der Waals surface area contributed by atoms with Gasteiger partial charge >= 0.3 is 0 Å². The first-order chi connectivity index (χ1) is 9.58. The molecule has 1 aromatic rings. The van der Waals surface area contributed by atoms with E-state index in [0.717, 1.165) is 23.4 Å². The molecular weight excluding hydrogens is 269 g/mol. The number of hydrogen-bond acceptors (Lipinski definition) is 3. The van der Waals surface area contributed by atoms with Gasteiger partial charge in [-0.05, 0) is 30.7 Å². The molecule has 1 rings (SSSR count). The molecule has 1 aromatic carbocycles. The Labute approximate surface area is 117 Å². The molecule has 0 bridgehead atoms. The molecule has 0 atom stereocenters. The molecule has 0 aliphatic carbocycles. The third-order valence-corrected chi connectivity index (χ3v) is 2.84. The first-order valence-electron chi connectivity index (χ1n) is 6.71. The van der Waals surface area contributed by atoms with Crippen LogP contribution in [-0.2, 0) is 6.54 Å². The van der Waals surface area contributed by atoms with E-state index in [4.69, 9.17) is 5.11 Å². The summed E-state index contributed by atoms with van der Waals surface area (Å²) in [7, 11) is 0. The van der Waals surface area contributed by atoms with Crippen LogP contribution in [0.25, 0.3) is 0 Å². The summed E-state index contributed by atoms with van der Waals surface area (Å²) in [5, 5.41) is 12.0. The Morgan fingerprint density at radius 3 is 2.65 bits per heavy atom. The van der Waals surface area contributed by atoms with Crippen LogP contribution >= 0.6 is 0 Å². The standard InChI is InChI=1S/C14H21F3N2O/c1-2-5-18-9-11-3-4-13(12(15)8-11)19(6-7-20)10-14(16)17/h3-4,8,14,18,20H,2,5-7,9-10H2,1H3. The Hall–Kier alpha value is -1.27. The fourth-order valence-corrected chi connectivity index (χ4v) is 1.92. The van der Waals surface area contributed by atoms with E-state index in [-0.39, 0.29) is 18.8 Å². The quantitative estimate of drug-likeness (QED) is 0.686. The van der Waals surface area contributed by atoms with Gasteiger partial charge in [-0.25, -0.2) is 13.2 Å². The summed E-state index contributed by atoms with van der Waals surface area (Å²) in [6, 6.07) is 4.53. The van der Waals surface area contributed by atoms with Gasteiger partial charge in [-0.1, -0.05) is 13.0 Å². The van der Waals surface area contributed by atoms with Crippen molar-refractivity contribution in [2.24, 2.45) is 0 Å². The molecule has 0 saturated heterocycles. The third kappa shape index (κ3) is 5.38. The molecule has 0 amide bonds. The number of benzene rings is 1. The molecule has 0 saturated carbocycles. The molecule has 0 heterocycles. The Kier molecular flexibility index (Phi) is 7.40. The minimum absolute atomic E-state index is 0.0192. The van der Waals surface area contributed by atoms with Crippen molar-refractivity contribution in [3.05, 3.63) is 29.6 Å². The van der Waals surface area contributed by atoms with Crippen LogP contribution in [0.3, 0.4) is 0 Å². The van der Waals surface area contributed by atoms with Crippen molar-refractivity contribution in [3.63, 3.8) is 0 Å².